The van der Waals surface area contributed by atoms with Crippen LogP contribution in [0.5, 0.6) is 5.75 Å². The maximum Gasteiger partial charge on any atom is 0.223 e. The van der Waals surface area contributed by atoms with E-state index in [1.54, 1.807) is 12.1 Å². The van der Waals surface area contributed by atoms with Crippen molar-refractivity contribution in [2.24, 2.45) is 5.92 Å². The quantitative estimate of drug-likeness (QED) is 0.894. The summed E-state index contributed by atoms with van der Waals surface area (Å²) in [6.07, 6.45) is 2.40. The third kappa shape index (κ3) is 3.71. The van der Waals surface area contributed by atoms with Crippen molar-refractivity contribution in [2.45, 2.75) is 32.1 Å². The number of phenolic OH excluding ortho intramolecular Hbond substituents is 1. The summed E-state index contributed by atoms with van der Waals surface area (Å²) in [5.74, 6) is 3.82. The van der Waals surface area contributed by atoms with E-state index in [2.05, 4.69) is 17.9 Å². The van der Waals surface area contributed by atoms with Gasteiger partial charge < -0.3 is 19.3 Å². The molecule has 1 aromatic carbocycles. The van der Waals surface area contributed by atoms with Gasteiger partial charge in [0.25, 0.3) is 0 Å². The number of hydrogen-bond acceptors (Lipinski definition) is 4. The van der Waals surface area contributed by atoms with Crippen molar-refractivity contribution >= 4 is 11.6 Å². The van der Waals surface area contributed by atoms with Gasteiger partial charge in [-0.1, -0.05) is 6.92 Å². The lowest BCUT2D eigenvalue weighted by molar-refractivity contribution is -0.131. The van der Waals surface area contributed by atoms with Crippen LogP contribution in [0.25, 0.3) is 0 Å². The molecular weight excluding hydrogens is 328 g/mol. The first-order valence-corrected chi connectivity index (χ1v) is 9.50. The van der Waals surface area contributed by atoms with Crippen LogP contribution >= 0.6 is 0 Å². The number of nitrogens with zero attached hydrogens (tertiary/aromatic N) is 2. The Hall–Kier alpha value is -2.43. The summed E-state index contributed by atoms with van der Waals surface area (Å²) in [5.41, 5.74) is 1.09. The molecule has 0 spiro atoms. The van der Waals surface area contributed by atoms with Gasteiger partial charge in [-0.3, -0.25) is 4.79 Å². The van der Waals surface area contributed by atoms with E-state index in [4.69, 9.17) is 4.42 Å². The highest BCUT2D eigenvalue weighted by Gasteiger charge is 2.36. The minimum absolute atomic E-state index is 0.202. The second kappa shape index (κ2) is 7.06. The van der Waals surface area contributed by atoms with Crippen molar-refractivity contribution in [1.82, 2.24) is 4.90 Å². The van der Waals surface area contributed by atoms with Crippen LogP contribution < -0.4 is 4.90 Å². The molecule has 5 nitrogen and oxygen atoms in total. The summed E-state index contributed by atoms with van der Waals surface area (Å²) in [4.78, 5) is 16.7. The third-order valence-corrected chi connectivity index (χ3v) is 5.59. The lowest BCUT2D eigenvalue weighted by Gasteiger charge is -2.36. The van der Waals surface area contributed by atoms with Crippen molar-refractivity contribution in [3.63, 3.8) is 0 Å². The zero-order valence-electron chi connectivity index (χ0n) is 15.2. The van der Waals surface area contributed by atoms with Crippen LogP contribution in [0.1, 0.15) is 37.2 Å². The first kappa shape index (κ1) is 17.0. The number of amides is 1. The third-order valence-electron chi connectivity index (χ3n) is 5.59. The maximum atomic E-state index is 12.5. The normalized spacial score (nSPS) is 22.5. The molecule has 26 heavy (non-hydrogen) atoms. The second-order valence-corrected chi connectivity index (χ2v) is 7.51. The summed E-state index contributed by atoms with van der Waals surface area (Å²) < 4.78 is 5.90. The lowest BCUT2D eigenvalue weighted by atomic mass is 10.2. The summed E-state index contributed by atoms with van der Waals surface area (Å²) in [7, 11) is 0. The number of carbonyl (C=O) groups excluding carboxylic acids is 1. The van der Waals surface area contributed by atoms with Crippen LogP contribution in [0.3, 0.4) is 0 Å². The van der Waals surface area contributed by atoms with Crippen molar-refractivity contribution < 1.29 is 14.3 Å². The highest BCUT2D eigenvalue weighted by Crippen LogP contribution is 2.47. The first-order valence-electron chi connectivity index (χ1n) is 9.50. The lowest BCUT2D eigenvalue weighted by Crippen LogP contribution is -2.48. The van der Waals surface area contributed by atoms with Gasteiger partial charge >= 0.3 is 0 Å². The molecule has 1 amide bonds. The van der Waals surface area contributed by atoms with Crippen molar-refractivity contribution in [3.8, 4) is 5.75 Å². The number of hydrogen-bond donors (Lipinski definition) is 1. The Labute approximate surface area is 154 Å². The minimum Gasteiger partial charge on any atom is -0.508 e. The fourth-order valence-electron chi connectivity index (χ4n) is 3.71. The van der Waals surface area contributed by atoms with E-state index in [1.807, 2.05) is 23.1 Å². The highest BCUT2D eigenvalue weighted by molar-refractivity contribution is 5.76. The zero-order chi connectivity index (χ0) is 18.1. The van der Waals surface area contributed by atoms with Crippen LogP contribution in [-0.4, -0.2) is 42.1 Å². The molecule has 5 heteroatoms. The number of aromatic hydroxyl groups is 1. The molecule has 2 atom stereocenters. The molecule has 0 bridgehead atoms. The molecule has 2 fully saturated rings. The van der Waals surface area contributed by atoms with Crippen LogP contribution in [0.2, 0.25) is 0 Å². The number of aryl methyl sites for hydroxylation is 1. The van der Waals surface area contributed by atoms with Crippen molar-refractivity contribution in [1.29, 1.82) is 0 Å². The summed E-state index contributed by atoms with van der Waals surface area (Å²) in [5, 5.41) is 9.39. The van der Waals surface area contributed by atoms with Crippen molar-refractivity contribution in [3.05, 3.63) is 47.9 Å². The zero-order valence-corrected chi connectivity index (χ0v) is 15.2. The molecule has 1 saturated carbocycles. The van der Waals surface area contributed by atoms with E-state index >= 15 is 0 Å². The average Bonchev–Trinajstić information content (AvgIpc) is 3.20. The highest BCUT2D eigenvalue weighted by atomic mass is 16.3. The molecule has 4 rings (SSSR count). The molecule has 2 aromatic rings. The minimum atomic E-state index is 0.202. The Morgan fingerprint density at radius 1 is 1.12 bits per heavy atom. The molecule has 2 heterocycles. The van der Waals surface area contributed by atoms with E-state index in [-0.39, 0.29) is 11.7 Å². The monoisotopic (exact) mass is 354 g/mol. The fraction of sp³-hybridized carbons (Fsp3) is 0.476. The molecule has 0 unspecified atom stereocenters. The predicted molar refractivity (Wildman–Crippen MR) is 100 cm³/mol. The maximum absolute atomic E-state index is 12.5. The van der Waals surface area contributed by atoms with Gasteiger partial charge in [0.15, 0.2) is 0 Å². The first-order chi connectivity index (χ1) is 12.6. The molecule has 138 valence electrons. The van der Waals surface area contributed by atoms with Gasteiger partial charge in [-0.2, -0.15) is 0 Å². The van der Waals surface area contributed by atoms with E-state index in [9.17, 15) is 9.90 Å². The van der Waals surface area contributed by atoms with Gasteiger partial charge in [-0.25, -0.2) is 0 Å². The SMILES string of the molecule is C[C@H]1C[C@@H]1c1ccc(CCC(=O)N2CCN(c3ccc(O)cc3)CC2)o1. The predicted octanol–water partition coefficient (Wildman–Crippen LogP) is 3.39. The molecule has 2 aliphatic rings. The summed E-state index contributed by atoms with van der Waals surface area (Å²) in [6, 6.07) is 11.3. The summed E-state index contributed by atoms with van der Waals surface area (Å²) in [6.45, 7) is 5.36. The number of anilines is 1. The Balaban J connectivity index is 1.24. The molecule has 1 saturated heterocycles. The molecule has 1 aromatic heterocycles. The summed E-state index contributed by atoms with van der Waals surface area (Å²) >= 11 is 0. The van der Waals surface area contributed by atoms with Crippen LogP contribution in [-0.2, 0) is 11.2 Å². The average molecular weight is 354 g/mol. The van der Waals surface area contributed by atoms with Gasteiger partial charge in [-0.05, 0) is 48.7 Å². The molecule has 0 radical (unpaired) electrons. The number of phenols is 1. The van der Waals surface area contributed by atoms with Crippen LogP contribution in [0, 0.1) is 5.92 Å². The fourth-order valence-corrected chi connectivity index (χ4v) is 3.71. The molecular formula is C21H26N2O3. The number of piperazine rings is 1. The Bertz CT molecular complexity index is 760. The van der Waals surface area contributed by atoms with Gasteiger partial charge in [0, 0.05) is 50.6 Å². The molecule has 1 N–H and O–H groups in total. The van der Waals surface area contributed by atoms with Gasteiger partial charge in [0.1, 0.15) is 17.3 Å². The van der Waals surface area contributed by atoms with E-state index in [0.717, 1.165) is 49.3 Å². The Morgan fingerprint density at radius 2 is 1.81 bits per heavy atom. The number of furan rings is 1. The van der Waals surface area contributed by atoms with E-state index in [1.165, 1.54) is 6.42 Å². The second-order valence-electron chi connectivity index (χ2n) is 7.51. The Kier molecular flexibility index (Phi) is 4.62. The smallest absolute Gasteiger partial charge is 0.223 e. The van der Waals surface area contributed by atoms with E-state index < -0.39 is 0 Å². The van der Waals surface area contributed by atoms with Crippen molar-refractivity contribution in [2.75, 3.05) is 31.1 Å². The van der Waals surface area contributed by atoms with Gasteiger partial charge in [0.2, 0.25) is 5.91 Å². The topological polar surface area (TPSA) is 56.9 Å². The molecule has 1 aliphatic heterocycles. The van der Waals surface area contributed by atoms with Gasteiger partial charge in [0.05, 0.1) is 0 Å². The largest absolute Gasteiger partial charge is 0.508 e. The number of benzene rings is 1. The van der Waals surface area contributed by atoms with E-state index in [0.29, 0.717) is 18.8 Å². The number of carbonyl (C=O) groups is 1. The van der Waals surface area contributed by atoms with Gasteiger partial charge in [-0.15, -0.1) is 0 Å². The number of rotatable bonds is 5. The Morgan fingerprint density at radius 3 is 2.46 bits per heavy atom. The van der Waals surface area contributed by atoms with Crippen LogP contribution in [0.4, 0.5) is 5.69 Å². The molecule has 1 aliphatic carbocycles. The van der Waals surface area contributed by atoms with Crippen LogP contribution in [0.15, 0.2) is 40.8 Å². The standard InChI is InChI=1S/C21H26N2O3/c1-15-14-19(15)20-8-6-18(26-20)7-9-21(25)23-12-10-22(11-13-23)16-2-4-17(24)5-3-16/h2-6,8,15,19,24H,7,9-14H2,1H3/t15-,19-/m0/s1.